The van der Waals surface area contributed by atoms with E-state index in [1.807, 2.05) is 4.90 Å². The topological polar surface area (TPSA) is 123 Å². The van der Waals surface area contributed by atoms with Crippen LogP contribution < -0.4 is 20.5 Å². The molecule has 0 saturated carbocycles. The summed E-state index contributed by atoms with van der Waals surface area (Å²) in [5, 5.41) is 3.21. The Bertz CT molecular complexity index is 1200. The molecule has 2 aromatic carbocycles. The zero-order chi connectivity index (χ0) is 27.9. The first kappa shape index (κ1) is 28.7. The number of para-hydroxylation sites is 1. The number of nitrogens with one attached hydrogen (secondary N) is 1. The van der Waals surface area contributed by atoms with Gasteiger partial charge in [-0.05, 0) is 37.0 Å². The van der Waals surface area contributed by atoms with E-state index >= 15 is 0 Å². The molecule has 3 N–H and O–H groups in total. The number of nitrogens with two attached hydrogens (primary N) is 1. The van der Waals surface area contributed by atoms with Crippen LogP contribution in [0.15, 0.2) is 36.4 Å². The van der Waals surface area contributed by atoms with E-state index in [9.17, 15) is 14.4 Å². The molecule has 10 nitrogen and oxygen atoms in total. The minimum Gasteiger partial charge on any atom is -0.496 e. The Morgan fingerprint density at radius 2 is 1.85 bits per heavy atom. The van der Waals surface area contributed by atoms with Gasteiger partial charge in [-0.2, -0.15) is 0 Å². The van der Waals surface area contributed by atoms with Crippen molar-refractivity contribution in [2.75, 3.05) is 58.7 Å². The average molecular weight is 559 g/mol. The molecule has 39 heavy (non-hydrogen) atoms. The quantitative estimate of drug-likeness (QED) is 0.288. The molecule has 2 fully saturated rings. The van der Waals surface area contributed by atoms with Crippen molar-refractivity contribution in [2.45, 2.75) is 25.9 Å². The van der Waals surface area contributed by atoms with Crippen LogP contribution >= 0.6 is 11.6 Å². The summed E-state index contributed by atoms with van der Waals surface area (Å²) in [4.78, 5) is 41.5. The van der Waals surface area contributed by atoms with Crippen molar-refractivity contribution in [3.8, 4) is 11.5 Å². The fourth-order valence-corrected chi connectivity index (χ4v) is 5.19. The average Bonchev–Trinajstić information content (AvgIpc) is 2.93. The number of amides is 2. The summed E-state index contributed by atoms with van der Waals surface area (Å²) in [6, 6.07) is 9.88. The number of nitrogen functional groups attached to an aromatic ring is 1. The molecule has 0 spiro atoms. The van der Waals surface area contributed by atoms with Crippen LogP contribution in [0.25, 0.3) is 0 Å². The Kier molecular flexibility index (Phi) is 9.66. The van der Waals surface area contributed by atoms with Gasteiger partial charge in [0.05, 0.1) is 41.7 Å². The van der Waals surface area contributed by atoms with Gasteiger partial charge in [-0.25, -0.2) is 0 Å². The fraction of sp³-hybridized carbons (Fsp3) is 0.464. The Morgan fingerprint density at radius 3 is 2.56 bits per heavy atom. The lowest BCUT2D eigenvalue weighted by Gasteiger charge is -2.38. The molecule has 0 radical (unpaired) electrons. The number of morpholine rings is 1. The highest BCUT2D eigenvalue weighted by Crippen LogP contribution is 2.29. The number of methoxy groups -OCH3 is 1. The minimum atomic E-state index is -0.452. The van der Waals surface area contributed by atoms with Crippen LogP contribution in [0.5, 0.6) is 11.5 Å². The molecular formula is C28H35ClN4O6. The molecule has 0 aliphatic carbocycles. The molecule has 1 unspecified atom stereocenters. The van der Waals surface area contributed by atoms with Crippen molar-refractivity contribution < 1.29 is 28.6 Å². The van der Waals surface area contributed by atoms with Gasteiger partial charge < -0.3 is 30.2 Å². The zero-order valence-electron chi connectivity index (χ0n) is 22.3. The first-order chi connectivity index (χ1) is 18.7. The van der Waals surface area contributed by atoms with Crippen molar-refractivity contribution >= 4 is 35.1 Å². The van der Waals surface area contributed by atoms with E-state index < -0.39 is 5.97 Å². The van der Waals surface area contributed by atoms with Gasteiger partial charge in [0.1, 0.15) is 11.5 Å². The van der Waals surface area contributed by atoms with E-state index in [0.717, 1.165) is 25.9 Å². The van der Waals surface area contributed by atoms with Crippen LogP contribution in [-0.4, -0.2) is 86.7 Å². The van der Waals surface area contributed by atoms with E-state index in [1.165, 1.54) is 26.2 Å². The summed E-state index contributed by atoms with van der Waals surface area (Å²) in [6.45, 7) is 5.99. The smallest absolute Gasteiger partial charge is 0.308 e. The number of rotatable bonds is 8. The largest absolute Gasteiger partial charge is 0.496 e. The Balaban J connectivity index is 1.25. The maximum absolute atomic E-state index is 13.1. The van der Waals surface area contributed by atoms with Gasteiger partial charge >= 0.3 is 5.97 Å². The highest BCUT2D eigenvalue weighted by molar-refractivity contribution is 6.33. The zero-order valence-corrected chi connectivity index (χ0v) is 23.0. The van der Waals surface area contributed by atoms with E-state index in [-0.39, 0.29) is 17.9 Å². The number of carbonyl (C=O) groups excluding carboxylic acids is 3. The molecule has 11 heteroatoms. The third-order valence-corrected chi connectivity index (χ3v) is 7.39. The third kappa shape index (κ3) is 7.40. The first-order valence-electron chi connectivity index (χ1n) is 13.1. The summed E-state index contributed by atoms with van der Waals surface area (Å²) in [7, 11) is 1.48. The number of anilines is 1. The van der Waals surface area contributed by atoms with Crippen LogP contribution in [0.2, 0.25) is 5.02 Å². The number of carbonyl (C=O) groups is 3. The number of esters is 1. The molecule has 2 heterocycles. The Labute approximate surface area is 233 Å². The number of nitrogens with zero attached hydrogens (tertiary/aromatic N) is 2. The minimum absolute atomic E-state index is 0.119. The molecule has 2 saturated heterocycles. The number of benzene rings is 2. The summed E-state index contributed by atoms with van der Waals surface area (Å²) in [6.07, 6.45) is 1.63. The van der Waals surface area contributed by atoms with Crippen molar-refractivity contribution in [1.29, 1.82) is 0 Å². The van der Waals surface area contributed by atoms with Crippen molar-refractivity contribution in [3.05, 3.63) is 52.5 Å². The van der Waals surface area contributed by atoms with Gasteiger partial charge in [0, 0.05) is 52.3 Å². The molecule has 2 aromatic rings. The standard InChI is InChI=1S/C28H35ClN4O6/c1-18(34)39-25-6-4-3-5-21(25)28(36)33-9-7-19(8-10-33)16-32-11-12-38-20(17-32)15-31-27(35)22-13-23(29)24(30)14-26(22)37-2/h3-6,13-14,19-20H,7-12,15-17,30H2,1-2H3,(H,31,35). The predicted octanol–water partition coefficient (Wildman–Crippen LogP) is 2.84. The van der Waals surface area contributed by atoms with Crippen molar-refractivity contribution in [3.63, 3.8) is 0 Å². The van der Waals surface area contributed by atoms with Gasteiger partial charge in [0.25, 0.3) is 11.8 Å². The normalized spacial score (nSPS) is 18.4. The molecular weight excluding hydrogens is 524 g/mol. The van der Waals surface area contributed by atoms with Crippen LogP contribution in [-0.2, 0) is 9.53 Å². The second-order valence-corrected chi connectivity index (χ2v) is 10.3. The molecule has 2 amide bonds. The van der Waals surface area contributed by atoms with Gasteiger partial charge in [-0.1, -0.05) is 23.7 Å². The lowest BCUT2D eigenvalue weighted by molar-refractivity contribution is -0.131. The number of halogens is 1. The first-order valence-corrected chi connectivity index (χ1v) is 13.4. The predicted molar refractivity (Wildman–Crippen MR) is 147 cm³/mol. The number of hydrogen-bond acceptors (Lipinski definition) is 8. The van der Waals surface area contributed by atoms with E-state index in [4.69, 9.17) is 31.5 Å². The van der Waals surface area contributed by atoms with E-state index in [2.05, 4.69) is 10.2 Å². The van der Waals surface area contributed by atoms with Crippen LogP contribution in [0, 0.1) is 5.92 Å². The summed E-state index contributed by atoms with van der Waals surface area (Å²) < 4.78 is 16.4. The highest BCUT2D eigenvalue weighted by Gasteiger charge is 2.29. The van der Waals surface area contributed by atoms with Gasteiger partial charge in [-0.3, -0.25) is 19.3 Å². The van der Waals surface area contributed by atoms with Gasteiger partial charge in [0.2, 0.25) is 0 Å². The molecule has 1 atom stereocenters. The van der Waals surface area contributed by atoms with Gasteiger partial charge in [0.15, 0.2) is 0 Å². The highest BCUT2D eigenvalue weighted by atomic mass is 35.5. The summed E-state index contributed by atoms with van der Waals surface area (Å²) in [5.74, 6) is 0.231. The number of hydrogen-bond donors (Lipinski definition) is 2. The maximum Gasteiger partial charge on any atom is 0.308 e. The molecule has 0 aromatic heterocycles. The lowest BCUT2D eigenvalue weighted by atomic mass is 9.95. The SMILES string of the molecule is COc1cc(N)c(Cl)cc1C(=O)NCC1CN(CC2CCN(C(=O)c3ccccc3OC(C)=O)CC2)CCO1. The third-order valence-electron chi connectivity index (χ3n) is 7.07. The van der Waals surface area contributed by atoms with Gasteiger partial charge in [-0.15, -0.1) is 0 Å². The van der Waals surface area contributed by atoms with Crippen molar-refractivity contribution in [2.24, 2.45) is 5.92 Å². The van der Waals surface area contributed by atoms with Crippen molar-refractivity contribution in [1.82, 2.24) is 15.1 Å². The van der Waals surface area contributed by atoms with E-state index in [1.54, 1.807) is 24.3 Å². The fourth-order valence-electron chi connectivity index (χ4n) is 5.03. The summed E-state index contributed by atoms with van der Waals surface area (Å²) in [5.41, 5.74) is 6.89. The Morgan fingerprint density at radius 1 is 1.10 bits per heavy atom. The van der Waals surface area contributed by atoms with Crippen LogP contribution in [0.3, 0.4) is 0 Å². The molecule has 0 bridgehead atoms. The monoisotopic (exact) mass is 558 g/mol. The number of likely N-dealkylation sites (tertiary alicyclic amines) is 1. The lowest BCUT2D eigenvalue weighted by Crippen LogP contribution is -2.50. The molecule has 2 aliphatic rings. The molecule has 210 valence electrons. The van der Waals surface area contributed by atoms with E-state index in [0.29, 0.717) is 72.0 Å². The molecule has 2 aliphatic heterocycles. The summed E-state index contributed by atoms with van der Waals surface area (Å²) >= 11 is 6.10. The molecule has 4 rings (SSSR count). The number of ether oxygens (including phenoxy) is 3. The second-order valence-electron chi connectivity index (χ2n) is 9.86. The van der Waals surface area contributed by atoms with Crippen LogP contribution in [0.1, 0.15) is 40.5 Å². The second kappa shape index (κ2) is 13.1. The maximum atomic E-state index is 13.1. The van der Waals surface area contributed by atoms with Crippen LogP contribution in [0.4, 0.5) is 5.69 Å². The Hall–Kier alpha value is -3.34. The number of piperidine rings is 1.